The van der Waals surface area contributed by atoms with Gasteiger partial charge in [0.25, 0.3) is 0 Å². The summed E-state index contributed by atoms with van der Waals surface area (Å²) in [5.41, 5.74) is 13.6. The van der Waals surface area contributed by atoms with Gasteiger partial charge in [0, 0.05) is 17.3 Å². The number of hydrogen-bond donors (Lipinski definition) is 0. The van der Waals surface area contributed by atoms with E-state index in [1.54, 1.807) is 11.1 Å². The Morgan fingerprint density at radius 1 is 0.615 bits per heavy atom. The fraction of sp³-hybridized carbons (Fsp3) is 0.459. The molecule has 0 amide bonds. The van der Waals surface area contributed by atoms with Gasteiger partial charge >= 0.3 is 0 Å². The van der Waals surface area contributed by atoms with Crippen LogP contribution in [0.2, 0.25) is 0 Å². The molecule has 3 aliphatic rings. The largest absolute Gasteiger partial charge is 0.347 e. The molecule has 3 aromatic rings. The predicted molar refractivity (Wildman–Crippen MR) is 168 cm³/mol. The van der Waals surface area contributed by atoms with Crippen molar-refractivity contribution < 1.29 is 0 Å². The lowest BCUT2D eigenvalue weighted by Gasteiger charge is -2.35. The summed E-state index contributed by atoms with van der Waals surface area (Å²) >= 11 is 0. The van der Waals surface area contributed by atoms with E-state index < -0.39 is 0 Å². The van der Waals surface area contributed by atoms with Crippen LogP contribution < -0.4 is 9.80 Å². The third-order valence-electron chi connectivity index (χ3n) is 9.51. The highest BCUT2D eigenvalue weighted by atomic mass is 15.4. The number of para-hydroxylation sites is 2. The molecule has 204 valence electrons. The molecule has 0 spiro atoms. The van der Waals surface area contributed by atoms with Gasteiger partial charge in [-0.3, -0.25) is 0 Å². The van der Waals surface area contributed by atoms with E-state index in [4.69, 9.17) is 0 Å². The van der Waals surface area contributed by atoms with Gasteiger partial charge in [-0.15, -0.1) is 0 Å². The van der Waals surface area contributed by atoms with E-state index in [1.165, 1.54) is 39.2 Å². The van der Waals surface area contributed by atoms with Gasteiger partial charge in [-0.1, -0.05) is 122 Å². The highest BCUT2D eigenvalue weighted by Crippen LogP contribution is 2.57. The maximum Gasteiger partial charge on any atom is 0.0914 e. The van der Waals surface area contributed by atoms with E-state index in [1.807, 2.05) is 0 Å². The molecule has 1 heterocycles. The molecular weight excluding hydrogens is 472 g/mol. The van der Waals surface area contributed by atoms with Gasteiger partial charge in [0.15, 0.2) is 0 Å². The SMILES string of the molecule is CC(C)c1cccc(C(C)C)c1N1CN(c2c(C(C)C)cccc2C(C)C)C2C3C=CCc4cccc(c43)C21. The Balaban J connectivity index is 1.64. The maximum absolute atomic E-state index is 2.83. The predicted octanol–water partition coefficient (Wildman–Crippen LogP) is 9.78. The van der Waals surface area contributed by atoms with Crippen molar-refractivity contribution in [1.29, 1.82) is 0 Å². The third kappa shape index (κ3) is 4.05. The van der Waals surface area contributed by atoms with Crippen LogP contribution in [0.4, 0.5) is 11.4 Å². The summed E-state index contributed by atoms with van der Waals surface area (Å²) in [4.78, 5) is 5.65. The number of benzene rings is 3. The Hall–Kier alpha value is -3.00. The van der Waals surface area contributed by atoms with Crippen molar-refractivity contribution in [1.82, 2.24) is 0 Å². The molecular formula is C37H46N2. The summed E-state index contributed by atoms with van der Waals surface area (Å²) in [7, 11) is 0. The van der Waals surface area contributed by atoms with E-state index in [0.29, 0.717) is 41.7 Å². The molecule has 0 saturated carbocycles. The van der Waals surface area contributed by atoms with Crippen molar-refractivity contribution in [3.05, 3.63) is 106 Å². The standard InChI is InChI=1S/C37H46N2/c1-22(2)27-15-11-16-28(23(3)4)34(27)38-21-39(35-29(24(5)6)17-12-18-30(35)25(7)8)37-32-20-10-14-26-13-9-19-31(33(26)32)36(37)38/h9-13,15-20,22-25,32,36-37H,14,21H2,1-8H3. The summed E-state index contributed by atoms with van der Waals surface area (Å²) in [6.07, 6.45) is 6.02. The van der Waals surface area contributed by atoms with Crippen LogP contribution in [-0.2, 0) is 6.42 Å². The van der Waals surface area contributed by atoms with Crippen LogP contribution in [-0.4, -0.2) is 12.7 Å². The molecule has 39 heavy (non-hydrogen) atoms. The minimum Gasteiger partial charge on any atom is -0.347 e. The summed E-state index contributed by atoms with van der Waals surface area (Å²) in [5.74, 6) is 2.31. The van der Waals surface area contributed by atoms with E-state index in [9.17, 15) is 0 Å². The number of nitrogens with zero attached hydrogens (tertiary/aromatic N) is 2. The van der Waals surface area contributed by atoms with E-state index >= 15 is 0 Å². The van der Waals surface area contributed by atoms with Crippen LogP contribution in [0.3, 0.4) is 0 Å². The Bertz CT molecular complexity index is 1360. The van der Waals surface area contributed by atoms with Gasteiger partial charge in [0.05, 0.1) is 18.8 Å². The van der Waals surface area contributed by atoms with E-state index in [0.717, 1.165) is 13.1 Å². The molecule has 2 heteroatoms. The maximum atomic E-state index is 2.83. The van der Waals surface area contributed by atoms with Crippen molar-refractivity contribution in [3.8, 4) is 0 Å². The number of anilines is 2. The molecule has 0 N–H and O–H groups in total. The average molecular weight is 519 g/mol. The molecule has 1 aliphatic heterocycles. The summed E-state index contributed by atoms with van der Waals surface area (Å²) in [5, 5.41) is 0. The molecule has 6 rings (SSSR count). The lowest BCUT2D eigenvalue weighted by atomic mass is 9.86. The van der Waals surface area contributed by atoms with Crippen LogP contribution in [0, 0.1) is 0 Å². The van der Waals surface area contributed by atoms with Crippen LogP contribution in [0.1, 0.15) is 130 Å². The zero-order valence-corrected chi connectivity index (χ0v) is 25.2. The zero-order valence-electron chi connectivity index (χ0n) is 25.2. The molecule has 3 atom stereocenters. The van der Waals surface area contributed by atoms with Crippen LogP contribution in [0.5, 0.6) is 0 Å². The molecule has 0 bridgehead atoms. The van der Waals surface area contributed by atoms with Gasteiger partial charge in [-0.2, -0.15) is 0 Å². The number of fused-ring (bicyclic) bond motifs is 3. The molecule has 1 saturated heterocycles. The summed E-state index contributed by atoms with van der Waals surface area (Å²) in [6, 6.07) is 21.9. The van der Waals surface area contributed by atoms with Crippen molar-refractivity contribution in [2.75, 3.05) is 16.5 Å². The molecule has 3 unspecified atom stereocenters. The van der Waals surface area contributed by atoms with Crippen molar-refractivity contribution in [2.45, 2.75) is 103 Å². The van der Waals surface area contributed by atoms with Gasteiger partial charge < -0.3 is 9.80 Å². The zero-order chi connectivity index (χ0) is 27.6. The fourth-order valence-electron chi connectivity index (χ4n) is 7.76. The first-order valence-corrected chi connectivity index (χ1v) is 15.3. The van der Waals surface area contributed by atoms with Crippen LogP contribution >= 0.6 is 0 Å². The first-order valence-electron chi connectivity index (χ1n) is 15.3. The van der Waals surface area contributed by atoms with Gasteiger partial charge in [-0.05, 0) is 69.0 Å². The quantitative estimate of drug-likeness (QED) is 0.300. The van der Waals surface area contributed by atoms with Crippen LogP contribution in [0.25, 0.3) is 0 Å². The smallest absolute Gasteiger partial charge is 0.0914 e. The third-order valence-corrected chi connectivity index (χ3v) is 9.51. The van der Waals surface area contributed by atoms with E-state index in [-0.39, 0.29) is 0 Å². The van der Waals surface area contributed by atoms with Gasteiger partial charge in [0.2, 0.25) is 0 Å². The Kier molecular flexibility index (Phi) is 6.64. The first-order chi connectivity index (χ1) is 18.7. The highest BCUT2D eigenvalue weighted by molar-refractivity contribution is 5.73. The molecule has 0 radical (unpaired) electrons. The van der Waals surface area contributed by atoms with Crippen molar-refractivity contribution in [2.24, 2.45) is 0 Å². The fourth-order valence-corrected chi connectivity index (χ4v) is 7.76. The molecule has 2 nitrogen and oxygen atoms in total. The Morgan fingerprint density at radius 3 is 1.62 bits per heavy atom. The second kappa shape index (κ2) is 9.88. The average Bonchev–Trinajstić information content (AvgIpc) is 3.45. The Morgan fingerprint density at radius 2 is 1.10 bits per heavy atom. The van der Waals surface area contributed by atoms with Crippen LogP contribution in [0.15, 0.2) is 66.7 Å². The first kappa shape index (κ1) is 26.2. The number of rotatable bonds is 6. The summed E-state index contributed by atoms with van der Waals surface area (Å²) < 4.78 is 0. The normalized spacial score (nSPS) is 21.6. The minimum atomic E-state index is 0.338. The molecule has 3 aromatic carbocycles. The lowest BCUT2D eigenvalue weighted by Crippen LogP contribution is -2.36. The molecule has 2 aliphatic carbocycles. The van der Waals surface area contributed by atoms with Gasteiger partial charge in [-0.25, -0.2) is 0 Å². The number of hydrogen-bond acceptors (Lipinski definition) is 2. The highest BCUT2D eigenvalue weighted by Gasteiger charge is 2.53. The number of allylic oxidation sites excluding steroid dienone is 1. The summed E-state index contributed by atoms with van der Waals surface area (Å²) in [6.45, 7) is 19.8. The van der Waals surface area contributed by atoms with Crippen molar-refractivity contribution in [3.63, 3.8) is 0 Å². The Labute approximate surface area is 236 Å². The monoisotopic (exact) mass is 518 g/mol. The van der Waals surface area contributed by atoms with E-state index in [2.05, 4.69) is 132 Å². The minimum absolute atomic E-state index is 0.338. The molecule has 0 aromatic heterocycles. The second-order valence-electron chi connectivity index (χ2n) is 13.3. The second-order valence-corrected chi connectivity index (χ2v) is 13.3. The molecule has 1 fully saturated rings. The van der Waals surface area contributed by atoms with Gasteiger partial charge in [0.1, 0.15) is 0 Å². The topological polar surface area (TPSA) is 6.48 Å². The van der Waals surface area contributed by atoms with Crippen molar-refractivity contribution >= 4 is 11.4 Å². The lowest BCUT2D eigenvalue weighted by molar-refractivity contribution is 0.583.